The SMILES string of the molecule is COc1cc(C=NCCc2ccc(F)cc2)ccc1O. The number of phenolic OH excluding ortho intramolecular Hbond substituents is 1. The van der Waals surface area contributed by atoms with Crippen LogP contribution in [-0.2, 0) is 6.42 Å². The Bertz CT molecular complexity index is 594. The van der Waals surface area contributed by atoms with Crippen LogP contribution in [0.3, 0.4) is 0 Å². The van der Waals surface area contributed by atoms with Gasteiger partial charge in [0.05, 0.1) is 7.11 Å². The van der Waals surface area contributed by atoms with Crippen molar-refractivity contribution < 1.29 is 14.2 Å². The second-order valence-corrected chi connectivity index (χ2v) is 4.34. The minimum atomic E-state index is -0.228. The molecule has 0 spiro atoms. The molecule has 2 aromatic carbocycles. The molecule has 0 amide bonds. The van der Waals surface area contributed by atoms with Gasteiger partial charge >= 0.3 is 0 Å². The van der Waals surface area contributed by atoms with Crippen LogP contribution in [-0.4, -0.2) is 25.0 Å². The van der Waals surface area contributed by atoms with Crippen molar-refractivity contribution in [3.05, 3.63) is 59.4 Å². The van der Waals surface area contributed by atoms with E-state index >= 15 is 0 Å². The number of nitrogens with zero attached hydrogens (tertiary/aromatic N) is 1. The third-order valence-electron chi connectivity index (χ3n) is 2.89. The van der Waals surface area contributed by atoms with Gasteiger partial charge in [-0.1, -0.05) is 12.1 Å². The summed E-state index contributed by atoms with van der Waals surface area (Å²) in [6.45, 7) is 0.620. The Kier molecular flexibility index (Phi) is 4.71. The highest BCUT2D eigenvalue weighted by atomic mass is 19.1. The van der Waals surface area contributed by atoms with E-state index in [1.54, 1.807) is 36.5 Å². The van der Waals surface area contributed by atoms with Gasteiger partial charge in [0.15, 0.2) is 11.5 Å². The molecule has 2 aromatic rings. The number of hydrogen-bond donors (Lipinski definition) is 1. The predicted molar refractivity (Wildman–Crippen MR) is 77.2 cm³/mol. The second kappa shape index (κ2) is 6.70. The summed E-state index contributed by atoms with van der Waals surface area (Å²) < 4.78 is 17.8. The van der Waals surface area contributed by atoms with Crippen LogP contribution in [0.4, 0.5) is 4.39 Å². The molecular formula is C16H16FNO2. The molecule has 0 heterocycles. The van der Waals surface area contributed by atoms with Crippen LogP contribution < -0.4 is 4.74 Å². The Balaban J connectivity index is 1.91. The number of benzene rings is 2. The molecule has 0 aliphatic carbocycles. The average Bonchev–Trinajstić information content (AvgIpc) is 2.47. The van der Waals surface area contributed by atoms with Crippen LogP contribution in [0, 0.1) is 5.82 Å². The van der Waals surface area contributed by atoms with Crippen LogP contribution in [0.25, 0.3) is 0 Å². The first kappa shape index (κ1) is 14.1. The average molecular weight is 273 g/mol. The summed E-state index contributed by atoms with van der Waals surface area (Å²) in [5.74, 6) is 0.303. The van der Waals surface area contributed by atoms with Crippen molar-refractivity contribution in [1.82, 2.24) is 0 Å². The van der Waals surface area contributed by atoms with Gasteiger partial charge < -0.3 is 9.84 Å². The van der Waals surface area contributed by atoms with Crippen molar-refractivity contribution in [2.75, 3.05) is 13.7 Å². The third-order valence-corrected chi connectivity index (χ3v) is 2.89. The zero-order valence-corrected chi connectivity index (χ0v) is 11.2. The molecule has 104 valence electrons. The summed E-state index contributed by atoms with van der Waals surface area (Å²) in [6.07, 6.45) is 2.48. The fraction of sp³-hybridized carbons (Fsp3) is 0.188. The van der Waals surface area contributed by atoms with E-state index in [0.29, 0.717) is 12.3 Å². The summed E-state index contributed by atoms with van der Waals surface area (Å²) >= 11 is 0. The highest BCUT2D eigenvalue weighted by molar-refractivity contribution is 5.80. The lowest BCUT2D eigenvalue weighted by atomic mass is 10.1. The molecule has 0 fully saturated rings. The molecule has 0 bridgehead atoms. The van der Waals surface area contributed by atoms with E-state index < -0.39 is 0 Å². The van der Waals surface area contributed by atoms with Crippen molar-refractivity contribution in [2.45, 2.75) is 6.42 Å². The van der Waals surface area contributed by atoms with E-state index in [0.717, 1.165) is 17.5 Å². The molecule has 0 radical (unpaired) electrons. The standard InChI is InChI=1S/C16H16FNO2/c1-20-16-10-13(4-7-15(16)19)11-18-9-8-12-2-5-14(17)6-3-12/h2-7,10-11,19H,8-9H2,1H3. The van der Waals surface area contributed by atoms with Crippen LogP contribution in [0.5, 0.6) is 11.5 Å². The molecule has 0 aliphatic rings. The maximum Gasteiger partial charge on any atom is 0.161 e. The number of ether oxygens (including phenoxy) is 1. The third kappa shape index (κ3) is 3.82. The molecule has 0 unspecified atom stereocenters. The summed E-state index contributed by atoms with van der Waals surface area (Å²) in [5.41, 5.74) is 1.91. The van der Waals surface area contributed by atoms with Gasteiger partial charge in [0.1, 0.15) is 5.82 Å². The van der Waals surface area contributed by atoms with E-state index in [-0.39, 0.29) is 11.6 Å². The van der Waals surface area contributed by atoms with Crippen molar-refractivity contribution in [1.29, 1.82) is 0 Å². The number of methoxy groups -OCH3 is 1. The molecule has 0 aliphatic heterocycles. The van der Waals surface area contributed by atoms with Gasteiger partial charge in [-0.2, -0.15) is 0 Å². The maximum absolute atomic E-state index is 12.7. The molecule has 0 saturated carbocycles. The first-order chi connectivity index (χ1) is 9.69. The van der Waals surface area contributed by atoms with Gasteiger partial charge in [-0.3, -0.25) is 4.99 Å². The number of phenols is 1. The number of hydrogen-bond acceptors (Lipinski definition) is 3. The number of halogens is 1. The summed E-state index contributed by atoms with van der Waals surface area (Å²) in [6, 6.07) is 11.5. The number of rotatable bonds is 5. The Morgan fingerprint density at radius 2 is 1.95 bits per heavy atom. The van der Waals surface area contributed by atoms with E-state index in [9.17, 15) is 9.50 Å². The normalized spacial score (nSPS) is 10.9. The lowest BCUT2D eigenvalue weighted by Crippen LogP contribution is -1.92. The van der Waals surface area contributed by atoms with E-state index in [1.807, 2.05) is 0 Å². The van der Waals surface area contributed by atoms with E-state index in [4.69, 9.17) is 4.74 Å². The van der Waals surface area contributed by atoms with Gasteiger partial charge in [0, 0.05) is 12.8 Å². The highest BCUT2D eigenvalue weighted by Gasteiger charge is 2.00. The highest BCUT2D eigenvalue weighted by Crippen LogP contribution is 2.25. The monoisotopic (exact) mass is 273 g/mol. The quantitative estimate of drug-likeness (QED) is 0.850. The summed E-state index contributed by atoms with van der Waals surface area (Å²) in [7, 11) is 1.50. The lowest BCUT2D eigenvalue weighted by Gasteiger charge is -2.03. The fourth-order valence-corrected chi connectivity index (χ4v) is 1.79. The first-order valence-electron chi connectivity index (χ1n) is 6.30. The predicted octanol–water partition coefficient (Wildman–Crippen LogP) is 3.20. The van der Waals surface area contributed by atoms with E-state index in [2.05, 4.69) is 4.99 Å². The second-order valence-electron chi connectivity index (χ2n) is 4.34. The van der Waals surface area contributed by atoms with Crippen molar-refractivity contribution in [3.63, 3.8) is 0 Å². The van der Waals surface area contributed by atoms with Crippen LogP contribution in [0.2, 0.25) is 0 Å². The van der Waals surface area contributed by atoms with Crippen LogP contribution in [0.1, 0.15) is 11.1 Å². The first-order valence-corrected chi connectivity index (χ1v) is 6.30. The van der Waals surface area contributed by atoms with Crippen molar-refractivity contribution in [3.8, 4) is 11.5 Å². The molecule has 0 aromatic heterocycles. The number of aromatic hydroxyl groups is 1. The Morgan fingerprint density at radius 1 is 1.20 bits per heavy atom. The van der Waals surface area contributed by atoms with Gasteiger partial charge in [0.2, 0.25) is 0 Å². The molecule has 0 saturated heterocycles. The van der Waals surface area contributed by atoms with Gasteiger partial charge in [0.25, 0.3) is 0 Å². The Hall–Kier alpha value is -2.36. The van der Waals surface area contributed by atoms with Crippen LogP contribution >= 0.6 is 0 Å². The summed E-state index contributed by atoms with van der Waals surface area (Å²) in [4.78, 5) is 4.31. The Morgan fingerprint density at radius 3 is 2.65 bits per heavy atom. The largest absolute Gasteiger partial charge is 0.504 e. The summed E-state index contributed by atoms with van der Waals surface area (Å²) in [5, 5.41) is 9.48. The minimum Gasteiger partial charge on any atom is -0.504 e. The zero-order chi connectivity index (χ0) is 14.4. The number of aliphatic imine (C=N–C) groups is 1. The molecule has 0 atom stereocenters. The minimum absolute atomic E-state index is 0.107. The smallest absolute Gasteiger partial charge is 0.161 e. The van der Waals surface area contributed by atoms with Gasteiger partial charge in [-0.05, 0) is 47.9 Å². The maximum atomic E-state index is 12.7. The zero-order valence-electron chi connectivity index (χ0n) is 11.2. The molecule has 3 nitrogen and oxygen atoms in total. The molecule has 4 heteroatoms. The van der Waals surface area contributed by atoms with Crippen LogP contribution in [0.15, 0.2) is 47.5 Å². The van der Waals surface area contributed by atoms with Gasteiger partial charge in [-0.25, -0.2) is 4.39 Å². The van der Waals surface area contributed by atoms with Gasteiger partial charge in [-0.15, -0.1) is 0 Å². The van der Waals surface area contributed by atoms with Crippen molar-refractivity contribution in [2.24, 2.45) is 4.99 Å². The molecule has 1 N–H and O–H groups in total. The topological polar surface area (TPSA) is 41.8 Å². The molecular weight excluding hydrogens is 257 g/mol. The van der Waals surface area contributed by atoms with E-state index in [1.165, 1.54) is 19.2 Å². The van der Waals surface area contributed by atoms with Crippen molar-refractivity contribution >= 4 is 6.21 Å². The fourth-order valence-electron chi connectivity index (χ4n) is 1.79. The Labute approximate surface area is 117 Å². The lowest BCUT2D eigenvalue weighted by molar-refractivity contribution is 0.373. The molecule has 2 rings (SSSR count). The molecule has 20 heavy (non-hydrogen) atoms.